The summed E-state index contributed by atoms with van der Waals surface area (Å²) < 4.78 is 0. The predicted molar refractivity (Wildman–Crippen MR) is 180 cm³/mol. The van der Waals surface area contributed by atoms with Crippen LogP contribution in [-0.4, -0.2) is 126 Å². The Kier molecular flexibility index (Phi) is 14.5. The molecule has 264 valence electrons. The number of benzene rings is 1. The summed E-state index contributed by atoms with van der Waals surface area (Å²) in [6.07, 6.45) is 0.807. The van der Waals surface area contributed by atoms with Gasteiger partial charge in [0.05, 0.1) is 19.6 Å². The third-order valence-electron chi connectivity index (χ3n) is 8.35. The number of amides is 1. The van der Waals surface area contributed by atoms with Crippen LogP contribution < -0.4 is 26.4 Å². The Bertz CT molecular complexity index is 1440. The predicted octanol–water partition coefficient (Wildman–Crippen LogP) is 0.173. The number of aliphatic carboxylic acids is 3. The lowest BCUT2D eigenvalue weighted by Crippen LogP contribution is -2.51. The molecule has 48 heavy (non-hydrogen) atoms. The van der Waals surface area contributed by atoms with Crippen molar-refractivity contribution in [3.63, 3.8) is 0 Å². The molecule has 0 unspecified atom stereocenters. The highest BCUT2D eigenvalue weighted by Gasteiger charge is 2.28. The molecular weight excluding hydrogens is 624 g/mol. The van der Waals surface area contributed by atoms with Gasteiger partial charge in [0.2, 0.25) is 5.91 Å². The Balaban J connectivity index is 1.73. The maximum Gasteiger partial charge on any atom is 0.317 e. The minimum atomic E-state index is -1.06. The van der Waals surface area contributed by atoms with Crippen molar-refractivity contribution < 1.29 is 34.5 Å². The van der Waals surface area contributed by atoms with Gasteiger partial charge in [0.1, 0.15) is 11.4 Å². The normalized spacial score (nSPS) is 16.6. The SMILES string of the molecule is CC(C)C[C@H](C)C(=O)NCc1ccc(CNc2c(N3CCN(CC(=O)O)CCN(CC(=O)O)CCN(CC(=O)O)CC3)c(=O)c2=O)cc1. The summed E-state index contributed by atoms with van der Waals surface area (Å²) in [5.41, 5.74) is 0.734. The van der Waals surface area contributed by atoms with Crippen molar-refractivity contribution in [2.45, 2.75) is 40.3 Å². The van der Waals surface area contributed by atoms with Gasteiger partial charge in [-0.3, -0.25) is 43.5 Å². The van der Waals surface area contributed by atoms with E-state index in [9.17, 15) is 44.1 Å². The number of hydrogen-bond donors (Lipinski definition) is 5. The first-order valence-electron chi connectivity index (χ1n) is 16.2. The van der Waals surface area contributed by atoms with Gasteiger partial charge in [-0.25, -0.2) is 0 Å². The average molecular weight is 673 g/mol. The van der Waals surface area contributed by atoms with E-state index in [0.29, 0.717) is 12.5 Å². The summed E-state index contributed by atoms with van der Waals surface area (Å²) >= 11 is 0. The van der Waals surface area contributed by atoms with E-state index in [1.807, 2.05) is 31.2 Å². The van der Waals surface area contributed by atoms with Crippen molar-refractivity contribution >= 4 is 35.2 Å². The van der Waals surface area contributed by atoms with Crippen LogP contribution in [0.2, 0.25) is 0 Å². The molecule has 1 aliphatic rings. The minimum absolute atomic E-state index is 0.00103. The molecule has 15 nitrogen and oxygen atoms in total. The molecule has 0 spiro atoms. The van der Waals surface area contributed by atoms with Crippen LogP contribution in [0.5, 0.6) is 0 Å². The summed E-state index contributed by atoms with van der Waals surface area (Å²) in [5.74, 6) is -2.82. The lowest BCUT2D eigenvalue weighted by atomic mass is 9.98. The van der Waals surface area contributed by atoms with Crippen molar-refractivity contribution in [2.24, 2.45) is 11.8 Å². The molecule has 15 heteroatoms. The van der Waals surface area contributed by atoms with E-state index in [2.05, 4.69) is 24.5 Å². The molecule has 1 amide bonds. The summed E-state index contributed by atoms with van der Waals surface area (Å²) in [6.45, 7) is 7.58. The van der Waals surface area contributed by atoms with Gasteiger partial charge in [-0.1, -0.05) is 45.0 Å². The van der Waals surface area contributed by atoms with E-state index in [4.69, 9.17) is 0 Å². The summed E-state index contributed by atoms with van der Waals surface area (Å²) in [5, 5.41) is 34.3. The number of hydrogen-bond acceptors (Lipinski definition) is 11. The molecule has 1 heterocycles. The molecule has 2 aromatic rings. The monoisotopic (exact) mass is 672 g/mol. The molecule has 3 rings (SSSR count). The number of nitrogens with one attached hydrogen (secondary N) is 2. The number of anilines is 2. The topological polar surface area (TPSA) is 200 Å². The van der Waals surface area contributed by atoms with Gasteiger partial charge in [-0.2, -0.15) is 0 Å². The summed E-state index contributed by atoms with van der Waals surface area (Å²) in [7, 11) is 0. The number of carbonyl (C=O) groups excluding carboxylic acids is 1. The maximum atomic E-state index is 12.9. The zero-order chi connectivity index (χ0) is 35.4. The van der Waals surface area contributed by atoms with Crippen molar-refractivity contribution in [1.82, 2.24) is 20.0 Å². The van der Waals surface area contributed by atoms with Gasteiger partial charge in [0.25, 0.3) is 10.9 Å². The van der Waals surface area contributed by atoms with Crippen LogP contribution in [0.15, 0.2) is 33.9 Å². The minimum Gasteiger partial charge on any atom is -0.480 e. The number of nitrogens with zero attached hydrogens (tertiary/aromatic N) is 4. The molecule has 5 N–H and O–H groups in total. The molecule has 1 fully saturated rings. The van der Waals surface area contributed by atoms with Gasteiger partial charge in [-0.05, 0) is 23.5 Å². The second-order valence-electron chi connectivity index (χ2n) is 12.8. The number of carboxylic acid groups (broad SMARTS) is 3. The number of carbonyl (C=O) groups is 4. The molecule has 1 aliphatic heterocycles. The quantitative estimate of drug-likeness (QED) is 0.160. The molecule has 0 bridgehead atoms. The molecule has 0 saturated carbocycles. The smallest absolute Gasteiger partial charge is 0.317 e. The van der Waals surface area contributed by atoms with E-state index >= 15 is 0 Å². The zero-order valence-electron chi connectivity index (χ0n) is 27.9. The first-order valence-corrected chi connectivity index (χ1v) is 16.2. The van der Waals surface area contributed by atoms with E-state index in [0.717, 1.165) is 17.5 Å². The molecule has 2 aromatic carbocycles. The van der Waals surface area contributed by atoms with Gasteiger partial charge in [-0.15, -0.1) is 0 Å². The van der Waals surface area contributed by atoms with Crippen molar-refractivity contribution in [1.29, 1.82) is 0 Å². The van der Waals surface area contributed by atoms with Gasteiger partial charge in [0, 0.05) is 71.4 Å². The summed E-state index contributed by atoms with van der Waals surface area (Å²) in [4.78, 5) is 79.2. The first-order chi connectivity index (χ1) is 22.7. The van der Waals surface area contributed by atoms with Crippen molar-refractivity contribution in [3.05, 3.63) is 55.8 Å². The second kappa shape index (κ2) is 18.3. The lowest BCUT2D eigenvalue weighted by Gasteiger charge is -2.34. The van der Waals surface area contributed by atoms with Crippen LogP contribution >= 0.6 is 0 Å². The van der Waals surface area contributed by atoms with Crippen LogP contribution in [-0.2, 0) is 32.3 Å². The highest BCUT2D eigenvalue weighted by Crippen LogP contribution is 2.22. The van der Waals surface area contributed by atoms with Gasteiger partial charge < -0.3 is 30.9 Å². The van der Waals surface area contributed by atoms with Crippen LogP contribution in [0.4, 0.5) is 11.4 Å². The van der Waals surface area contributed by atoms with Crippen LogP contribution in [0, 0.1) is 11.8 Å². The molecular formula is C33H48N6O9. The summed E-state index contributed by atoms with van der Waals surface area (Å²) in [6, 6.07) is 7.51. The average Bonchev–Trinajstić information content (AvgIpc) is 3.01. The molecule has 0 aliphatic carbocycles. The second-order valence-corrected chi connectivity index (χ2v) is 12.8. The fourth-order valence-corrected chi connectivity index (χ4v) is 5.80. The van der Waals surface area contributed by atoms with Crippen LogP contribution in [0.3, 0.4) is 0 Å². The van der Waals surface area contributed by atoms with Crippen molar-refractivity contribution in [2.75, 3.05) is 82.2 Å². The molecule has 1 atom stereocenters. The van der Waals surface area contributed by atoms with E-state index in [1.54, 1.807) is 19.6 Å². The van der Waals surface area contributed by atoms with Crippen LogP contribution in [0.1, 0.15) is 38.3 Å². The first kappa shape index (κ1) is 38.1. The Labute approximate surface area is 279 Å². The zero-order valence-corrected chi connectivity index (χ0v) is 27.9. The Hall–Kier alpha value is -4.34. The van der Waals surface area contributed by atoms with E-state index in [-0.39, 0.29) is 102 Å². The number of carboxylic acids is 3. The van der Waals surface area contributed by atoms with Gasteiger partial charge >= 0.3 is 17.9 Å². The standard InChI is InChI=1S/C33H48N6O9/c1-22(2)16-23(3)33(48)35-18-25-6-4-24(5-7-25)17-34-29-30(32(47)31(29)46)39-14-12-37(20-27(42)43)10-8-36(19-26(40)41)9-11-38(13-15-39)21-28(44)45/h4-7,22-23,34H,8-21H2,1-3H3,(H,35,48)(H,40,41)(H,42,43)(H,44,45)/t23-/m0/s1. The maximum absolute atomic E-state index is 12.9. The highest BCUT2D eigenvalue weighted by molar-refractivity contribution is 5.78. The fraction of sp³-hybridized carbons (Fsp3) is 0.576. The van der Waals surface area contributed by atoms with Crippen molar-refractivity contribution in [3.8, 4) is 0 Å². The van der Waals surface area contributed by atoms with E-state index < -0.39 is 28.8 Å². The Morgan fingerprint density at radius 1 is 0.667 bits per heavy atom. The molecule has 1 saturated heterocycles. The largest absolute Gasteiger partial charge is 0.480 e. The molecule has 0 aromatic heterocycles. The Morgan fingerprint density at radius 2 is 1.08 bits per heavy atom. The van der Waals surface area contributed by atoms with Gasteiger partial charge in [0.15, 0.2) is 0 Å². The third kappa shape index (κ3) is 12.0. The fourth-order valence-electron chi connectivity index (χ4n) is 5.80. The third-order valence-corrected chi connectivity index (χ3v) is 8.35. The number of rotatable bonds is 15. The lowest BCUT2D eigenvalue weighted by molar-refractivity contribution is -0.140. The van der Waals surface area contributed by atoms with Crippen LogP contribution in [0.25, 0.3) is 0 Å². The molecule has 0 radical (unpaired) electrons. The highest BCUT2D eigenvalue weighted by atomic mass is 16.4. The Morgan fingerprint density at radius 3 is 1.50 bits per heavy atom. The van der Waals surface area contributed by atoms with E-state index in [1.165, 1.54) is 0 Å².